The van der Waals surface area contributed by atoms with E-state index in [0.717, 1.165) is 11.5 Å². The first-order valence-electron chi connectivity index (χ1n) is 5.01. The number of nitrogens with two attached hydrogens (primary N) is 1. The lowest BCUT2D eigenvalue weighted by molar-refractivity contribution is 0.141. The molecule has 0 amide bonds. The zero-order valence-electron chi connectivity index (χ0n) is 9.05. The van der Waals surface area contributed by atoms with E-state index in [0.29, 0.717) is 13.2 Å². The van der Waals surface area contributed by atoms with Crippen LogP contribution in [0.5, 0.6) is 11.5 Å². The van der Waals surface area contributed by atoms with Crippen LogP contribution in [0.3, 0.4) is 0 Å². The largest absolute Gasteiger partial charge is 0.497 e. The molecule has 0 fully saturated rings. The van der Waals surface area contributed by atoms with Crippen LogP contribution in [0.2, 0.25) is 0 Å². The third kappa shape index (κ3) is 2.56. The lowest BCUT2D eigenvalue weighted by Crippen LogP contribution is -2.24. The Kier molecular flexibility index (Phi) is 3.14. The van der Waals surface area contributed by atoms with Crippen LogP contribution in [-0.4, -0.2) is 32.4 Å². The van der Waals surface area contributed by atoms with Crippen molar-refractivity contribution in [3.63, 3.8) is 0 Å². The Hall–Kier alpha value is -1.91. The Morgan fingerprint density at radius 3 is 2.62 bits per heavy atom. The lowest BCUT2D eigenvalue weighted by Gasteiger charge is -2.11. The molecule has 1 aromatic carbocycles. The number of ether oxygens (including phenoxy) is 3. The Balaban J connectivity index is 1.81. The van der Waals surface area contributed by atoms with Crippen LogP contribution < -0.4 is 15.2 Å². The summed E-state index contributed by atoms with van der Waals surface area (Å²) in [5, 5.41) is 0. The highest BCUT2D eigenvalue weighted by Gasteiger charge is 2.17. The highest BCUT2D eigenvalue weighted by molar-refractivity contribution is 5.72. The van der Waals surface area contributed by atoms with Crippen molar-refractivity contribution in [1.29, 1.82) is 0 Å². The third-order valence-corrected chi connectivity index (χ3v) is 2.23. The van der Waals surface area contributed by atoms with Crippen LogP contribution in [0.4, 0.5) is 0 Å². The van der Waals surface area contributed by atoms with Gasteiger partial charge in [0.25, 0.3) is 6.02 Å². The van der Waals surface area contributed by atoms with Crippen LogP contribution in [0.25, 0.3) is 0 Å². The summed E-state index contributed by atoms with van der Waals surface area (Å²) in [7, 11) is 1.63. The van der Waals surface area contributed by atoms with Gasteiger partial charge in [0.2, 0.25) is 0 Å². The molecular formula is C11H14N2O3. The predicted molar refractivity (Wildman–Crippen MR) is 59.9 cm³/mol. The molecule has 1 aromatic rings. The van der Waals surface area contributed by atoms with Crippen molar-refractivity contribution in [2.24, 2.45) is 10.7 Å². The molecule has 86 valence electrons. The topological polar surface area (TPSA) is 66.1 Å². The molecule has 0 aromatic heterocycles. The summed E-state index contributed by atoms with van der Waals surface area (Å²) in [5.41, 5.74) is 5.39. The molecule has 16 heavy (non-hydrogen) atoms. The van der Waals surface area contributed by atoms with Crippen molar-refractivity contribution in [3.05, 3.63) is 24.3 Å². The molecule has 0 saturated heterocycles. The van der Waals surface area contributed by atoms with Gasteiger partial charge in [0.15, 0.2) is 6.10 Å². The fourth-order valence-corrected chi connectivity index (χ4v) is 1.38. The molecule has 1 heterocycles. The maximum absolute atomic E-state index is 5.53. The SMILES string of the molecule is COc1ccc(OCC2CN=C(N)O2)cc1. The molecule has 0 aliphatic carbocycles. The van der Waals surface area contributed by atoms with Crippen molar-refractivity contribution in [1.82, 2.24) is 0 Å². The van der Waals surface area contributed by atoms with E-state index in [1.807, 2.05) is 24.3 Å². The van der Waals surface area contributed by atoms with Gasteiger partial charge in [-0.2, -0.15) is 0 Å². The van der Waals surface area contributed by atoms with E-state index >= 15 is 0 Å². The van der Waals surface area contributed by atoms with Crippen molar-refractivity contribution in [3.8, 4) is 11.5 Å². The fraction of sp³-hybridized carbons (Fsp3) is 0.364. The highest BCUT2D eigenvalue weighted by Crippen LogP contribution is 2.17. The quantitative estimate of drug-likeness (QED) is 0.817. The molecule has 0 radical (unpaired) electrons. The summed E-state index contributed by atoms with van der Waals surface area (Å²) >= 11 is 0. The van der Waals surface area contributed by atoms with Crippen LogP contribution in [0.1, 0.15) is 0 Å². The van der Waals surface area contributed by atoms with Gasteiger partial charge in [-0.1, -0.05) is 0 Å². The summed E-state index contributed by atoms with van der Waals surface area (Å²) in [6.07, 6.45) is -0.0814. The predicted octanol–water partition coefficient (Wildman–Crippen LogP) is 0.787. The average Bonchev–Trinajstić information content (AvgIpc) is 2.73. The van der Waals surface area contributed by atoms with E-state index in [4.69, 9.17) is 19.9 Å². The number of aliphatic imine (C=N–C) groups is 1. The normalized spacial score (nSPS) is 18.8. The van der Waals surface area contributed by atoms with Gasteiger partial charge in [-0.05, 0) is 24.3 Å². The lowest BCUT2D eigenvalue weighted by atomic mass is 10.3. The van der Waals surface area contributed by atoms with E-state index in [1.165, 1.54) is 0 Å². The standard InChI is InChI=1S/C11H14N2O3/c1-14-8-2-4-9(5-3-8)15-7-10-6-13-11(12)16-10/h2-5,10H,6-7H2,1H3,(H2,12,13). The minimum absolute atomic E-state index is 0.0814. The Bertz CT molecular complexity index is 375. The third-order valence-electron chi connectivity index (χ3n) is 2.23. The molecule has 1 unspecified atom stereocenters. The minimum Gasteiger partial charge on any atom is -0.497 e. The average molecular weight is 222 g/mol. The maximum Gasteiger partial charge on any atom is 0.282 e. The molecule has 0 spiro atoms. The minimum atomic E-state index is -0.0814. The fourth-order valence-electron chi connectivity index (χ4n) is 1.38. The van der Waals surface area contributed by atoms with E-state index in [2.05, 4.69) is 4.99 Å². The van der Waals surface area contributed by atoms with Gasteiger partial charge in [-0.15, -0.1) is 0 Å². The second-order valence-electron chi connectivity index (χ2n) is 3.41. The van der Waals surface area contributed by atoms with Crippen molar-refractivity contribution >= 4 is 6.02 Å². The molecule has 1 aliphatic heterocycles. The number of benzene rings is 1. The zero-order valence-corrected chi connectivity index (χ0v) is 9.05. The molecule has 0 saturated carbocycles. The van der Waals surface area contributed by atoms with Crippen LogP contribution in [-0.2, 0) is 4.74 Å². The molecule has 1 aliphatic rings. The van der Waals surface area contributed by atoms with Gasteiger partial charge in [-0.3, -0.25) is 0 Å². The molecule has 0 bridgehead atoms. The first-order chi connectivity index (χ1) is 7.78. The van der Waals surface area contributed by atoms with E-state index in [-0.39, 0.29) is 12.1 Å². The van der Waals surface area contributed by atoms with E-state index in [1.54, 1.807) is 7.11 Å². The molecule has 2 rings (SSSR count). The second-order valence-corrected chi connectivity index (χ2v) is 3.41. The Labute approximate surface area is 93.8 Å². The number of methoxy groups -OCH3 is 1. The molecule has 2 N–H and O–H groups in total. The maximum atomic E-state index is 5.53. The summed E-state index contributed by atoms with van der Waals surface area (Å²) in [4.78, 5) is 3.93. The van der Waals surface area contributed by atoms with Crippen LogP contribution in [0, 0.1) is 0 Å². The molecule has 5 nitrogen and oxygen atoms in total. The number of hydrogen-bond acceptors (Lipinski definition) is 5. The van der Waals surface area contributed by atoms with Crippen LogP contribution in [0.15, 0.2) is 29.3 Å². The highest BCUT2D eigenvalue weighted by atomic mass is 16.5. The van der Waals surface area contributed by atoms with Gasteiger partial charge in [0.1, 0.15) is 18.1 Å². The number of nitrogens with zero attached hydrogens (tertiary/aromatic N) is 1. The first kappa shape index (κ1) is 10.6. The van der Waals surface area contributed by atoms with Crippen molar-refractivity contribution < 1.29 is 14.2 Å². The number of hydrogen-bond donors (Lipinski definition) is 1. The van der Waals surface area contributed by atoms with E-state index in [9.17, 15) is 0 Å². The van der Waals surface area contributed by atoms with E-state index < -0.39 is 0 Å². The summed E-state index contributed by atoms with van der Waals surface area (Å²) in [5.74, 6) is 1.58. The Morgan fingerprint density at radius 2 is 2.06 bits per heavy atom. The molecular weight excluding hydrogens is 208 g/mol. The van der Waals surface area contributed by atoms with Gasteiger partial charge in [-0.25, -0.2) is 4.99 Å². The zero-order chi connectivity index (χ0) is 11.4. The van der Waals surface area contributed by atoms with Crippen molar-refractivity contribution in [2.45, 2.75) is 6.10 Å². The van der Waals surface area contributed by atoms with Gasteiger partial charge >= 0.3 is 0 Å². The monoisotopic (exact) mass is 222 g/mol. The summed E-state index contributed by atoms with van der Waals surface area (Å²) in [6, 6.07) is 7.62. The number of rotatable bonds is 4. The number of amidine groups is 1. The van der Waals surface area contributed by atoms with Crippen LogP contribution >= 0.6 is 0 Å². The van der Waals surface area contributed by atoms with Gasteiger partial charge in [0.05, 0.1) is 13.7 Å². The Morgan fingerprint density at radius 1 is 1.38 bits per heavy atom. The summed E-state index contributed by atoms with van der Waals surface area (Å²) in [6.45, 7) is 0.999. The second kappa shape index (κ2) is 4.74. The summed E-state index contributed by atoms with van der Waals surface area (Å²) < 4.78 is 15.8. The first-order valence-corrected chi connectivity index (χ1v) is 5.01. The van der Waals surface area contributed by atoms with Gasteiger partial charge in [0, 0.05) is 0 Å². The smallest absolute Gasteiger partial charge is 0.282 e. The van der Waals surface area contributed by atoms with Gasteiger partial charge < -0.3 is 19.9 Å². The molecule has 5 heteroatoms. The van der Waals surface area contributed by atoms with Crippen molar-refractivity contribution in [2.75, 3.05) is 20.3 Å². The molecule has 1 atom stereocenters.